The molecule has 118 valence electrons. The van der Waals surface area contributed by atoms with Gasteiger partial charge in [-0.1, -0.05) is 12.1 Å². The molecule has 23 heavy (non-hydrogen) atoms. The van der Waals surface area contributed by atoms with Crippen molar-refractivity contribution in [3.8, 4) is 0 Å². The molecule has 0 unspecified atom stereocenters. The SMILES string of the molecule is O=C(O)c1ccc(CNS(=O)(=O)c2cnc3ccsc3c2)cc1. The Morgan fingerprint density at radius 2 is 1.96 bits per heavy atom. The number of sulfonamides is 1. The first-order valence-electron chi connectivity index (χ1n) is 6.61. The van der Waals surface area contributed by atoms with Gasteiger partial charge in [0.2, 0.25) is 10.0 Å². The zero-order chi connectivity index (χ0) is 16.4. The van der Waals surface area contributed by atoms with E-state index in [1.54, 1.807) is 18.2 Å². The molecule has 1 aromatic carbocycles. The Bertz CT molecular complexity index is 963. The third-order valence-electron chi connectivity index (χ3n) is 3.26. The Kier molecular flexibility index (Phi) is 4.12. The number of carboxylic acid groups (broad SMARTS) is 1. The topological polar surface area (TPSA) is 96.4 Å². The van der Waals surface area contributed by atoms with E-state index in [-0.39, 0.29) is 17.0 Å². The Morgan fingerprint density at radius 1 is 1.22 bits per heavy atom. The summed E-state index contributed by atoms with van der Waals surface area (Å²) in [7, 11) is -3.68. The molecule has 0 aliphatic heterocycles. The van der Waals surface area contributed by atoms with Crippen LogP contribution in [-0.4, -0.2) is 24.5 Å². The van der Waals surface area contributed by atoms with Gasteiger partial charge >= 0.3 is 5.97 Å². The van der Waals surface area contributed by atoms with Gasteiger partial charge in [-0.05, 0) is 35.2 Å². The Hall–Kier alpha value is -2.29. The summed E-state index contributed by atoms with van der Waals surface area (Å²) in [6, 6.07) is 9.44. The Morgan fingerprint density at radius 3 is 2.65 bits per heavy atom. The number of carbonyl (C=O) groups is 1. The van der Waals surface area contributed by atoms with Crippen molar-refractivity contribution in [1.82, 2.24) is 9.71 Å². The van der Waals surface area contributed by atoms with E-state index in [0.29, 0.717) is 5.56 Å². The molecule has 0 aliphatic rings. The van der Waals surface area contributed by atoms with Crippen LogP contribution in [0.25, 0.3) is 10.2 Å². The summed E-state index contributed by atoms with van der Waals surface area (Å²) >= 11 is 1.43. The molecule has 8 heteroatoms. The average Bonchev–Trinajstić information content (AvgIpc) is 3.01. The van der Waals surface area contributed by atoms with Crippen LogP contribution >= 0.6 is 11.3 Å². The van der Waals surface area contributed by atoms with E-state index in [1.165, 1.54) is 29.7 Å². The van der Waals surface area contributed by atoms with E-state index in [9.17, 15) is 13.2 Å². The molecular weight excluding hydrogens is 336 g/mol. The molecule has 0 aliphatic carbocycles. The summed E-state index contributed by atoms with van der Waals surface area (Å²) in [6.07, 6.45) is 1.32. The summed E-state index contributed by atoms with van der Waals surface area (Å²) in [4.78, 5) is 15.0. The number of fused-ring (bicyclic) bond motifs is 1. The molecule has 2 N–H and O–H groups in total. The van der Waals surface area contributed by atoms with Crippen molar-refractivity contribution in [2.75, 3.05) is 0 Å². The lowest BCUT2D eigenvalue weighted by molar-refractivity contribution is 0.0697. The number of benzene rings is 1. The molecule has 0 saturated heterocycles. The number of hydrogen-bond acceptors (Lipinski definition) is 5. The minimum Gasteiger partial charge on any atom is -0.478 e. The molecule has 0 amide bonds. The van der Waals surface area contributed by atoms with Gasteiger partial charge in [-0.3, -0.25) is 4.98 Å². The maximum Gasteiger partial charge on any atom is 0.335 e. The van der Waals surface area contributed by atoms with Gasteiger partial charge in [-0.15, -0.1) is 11.3 Å². The smallest absolute Gasteiger partial charge is 0.335 e. The van der Waals surface area contributed by atoms with E-state index in [2.05, 4.69) is 9.71 Å². The predicted molar refractivity (Wildman–Crippen MR) is 87.0 cm³/mol. The molecule has 0 bridgehead atoms. The van der Waals surface area contributed by atoms with E-state index in [4.69, 9.17) is 5.11 Å². The van der Waals surface area contributed by atoms with Crippen LogP contribution in [0.4, 0.5) is 0 Å². The summed E-state index contributed by atoms with van der Waals surface area (Å²) in [5.41, 5.74) is 1.59. The van der Waals surface area contributed by atoms with Crippen LogP contribution in [0.15, 0.2) is 52.9 Å². The normalized spacial score (nSPS) is 11.7. The first kappa shape index (κ1) is 15.6. The van der Waals surface area contributed by atoms with Crippen molar-refractivity contribution in [2.24, 2.45) is 0 Å². The lowest BCUT2D eigenvalue weighted by Crippen LogP contribution is -2.23. The number of nitrogens with one attached hydrogen (secondary N) is 1. The molecule has 2 aromatic heterocycles. The Labute approximate surface area is 136 Å². The van der Waals surface area contributed by atoms with Crippen molar-refractivity contribution in [3.05, 3.63) is 59.1 Å². The number of carboxylic acids is 1. The number of thiophene rings is 1. The highest BCUT2D eigenvalue weighted by Gasteiger charge is 2.15. The van der Waals surface area contributed by atoms with E-state index >= 15 is 0 Å². The minimum atomic E-state index is -3.68. The molecule has 3 rings (SSSR count). The number of aromatic nitrogens is 1. The second-order valence-corrected chi connectivity index (χ2v) is 7.52. The molecule has 6 nitrogen and oxygen atoms in total. The van der Waals surface area contributed by atoms with Gasteiger partial charge in [0.25, 0.3) is 0 Å². The number of rotatable bonds is 5. The maximum absolute atomic E-state index is 12.3. The molecule has 0 saturated carbocycles. The summed E-state index contributed by atoms with van der Waals surface area (Å²) in [5, 5.41) is 10.7. The van der Waals surface area contributed by atoms with Crippen LogP contribution in [-0.2, 0) is 16.6 Å². The molecule has 0 radical (unpaired) electrons. The lowest BCUT2D eigenvalue weighted by Gasteiger charge is -2.07. The molecule has 0 spiro atoms. The van der Waals surface area contributed by atoms with Gasteiger partial charge in [-0.2, -0.15) is 0 Å². The van der Waals surface area contributed by atoms with Gasteiger partial charge in [0, 0.05) is 12.7 Å². The lowest BCUT2D eigenvalue weighted by atomic mass is 10.1. The second-order valence-electron chi connectivity index (χ2n) is 4.80. The molecular formula is C15H12N2O4S2. The van der Waals surface area contributed by atoms with Crippen molar-refractivity contribution < 1.29 is 18.3 Å². The first-order chi connectivity index (χ1) is 11.0. The fourth-order valence-electron chi connectivity index (χ4n) is 2.00. The van der Waals surface area contributed by atoms with Gasteiger partial charge in [-0.25, -0.2) is 17.9 Å². The van der Waals surface area contributed by atoms with E-state index in [1.807, 2.05) is 11.4 Å². The number of hydrogen-bond donors (Lipinski definition) is 2. The van der Waals surface area contributed by atoms with Crippen molar-refractivity contribution in [2.45, 2.75) is 11.4 Å². The van der Waals surface area contributed by atoms with Gasteiger partial charge in [0.1, 0.15) is 4.90 Å². The van der Waals surface area contributed by atoms with Crippen LogP contribution in [0.3, 0.4) is 0 Å². The standard InChI is InChI=1S/C15H12N2O4S2/c18-15(19)11-3-1-10(2-4-11)8-17-23(20,21)12-7-14-13(16-9-12)5-6-22-14/h1-7,9,17H,8H2,(H,18,19). The predicted octanol–water partition coefficient (Wildman–Crippen LogP) is 2.47. The van der Waals surface area contributed by atoms with E-state index in [0.717, 1.165) is 10.2 Å². The van der Waals surface area contributed by atoms with Crippen LogP contribution < -0.4 is 4.72 Å². The van der Waals surface area contributed by atoms with Crippen molar-refractivity contribution in [3.63, 3.8) is 0 Å². The minimum absolute atomic E-state index is 0.0741. The quantitative estimate of drug-likeness (QED) is 0.738. The highest BCUT2D eigenvalue weighted by Crippen LogP contribution is 2.21. The third-order valence-corrected chi connectivity index (χ3v) is 5.48. The average molecular weight is 348 g/mol. The van der Waals surface area contributed by atoms with E-state index < -0.39 is 16.0 Å². The first-order valence-corrected chi connectivity index (χ1v) is 8.97. The van der Waals surface area contributed by atoms with Gasteiger partial charge in [0.05, 0.1) is 15.8 Å². The number of pyridine rings is 1. The van der Waals surface area contributed by atoms with Crippen molar-refractivity contribution in [1.29, 1.82) is 0 Å². The number of nitrogens with zero attached hydrogens (tertiary/aromatic N) is 1. The molecule has 0 fully saturated rings. The van der Waals surface area contributed by atoms with Crippen LogP contribution in [0.1, 0.15) is 15.9 Å². The second kappa shape index (κ2) is 6.07. The third kappa shape index (κ3) is 3.39. The maximum atomic E-state index is 12.3. The van der Waals surface area contributed by atoms with Crippen molar-refractivity contribution >= 4 is 37.5 Å². The Balaban J connectivity index is 1.76. The zero-order valence-electron chi connectivity index (χ0n) is 11.8. The zero-order valence-corrected chi connectivity index (χ0v) is 13.4. The largest absolute Gasteiger partial charge is 0.478 e. The highest BCUT2D eigenvalue weighted by atomic mass is 32.2. The number of aromatic carboxylic acids is 1. The van der Waals surface area contributed by atoms with Gasteiger partial charge in [0.15, 0.2) is 0 Å². The fourth-order valence-corrected chi connectivity index (χ4v) is 3.84. The van der Waals surface area contributed by atoms with Crippen LogP contribution in [0.2, 0.25) is 0 Å². The highest BCUT2D eigenvalue weighted by molar-refractivity contribution is 7.89. The van der Waals surface area contributed by atoms with Crippen LogP contribution in [0, 0.1) is 0 Å². The molecule has 0 atom stereocenters. The van der Waals surface area contributed by atoms with Crippen LogP contribution in [0.5, 0.6) is 0 Å². The van der Waals surface area contributed by atoms with Gasteiger partial charge < -0.3 is 5.11 Å². The molecule has 3 aromatic rings. The summed E-state index contributed by atoms with van der Waals surface area (Å²) in [5.74, 6) is -1.02. The fraction of sp³-hybridized carbons (Fsp3) is 0.0667. The summed E-state index contributed by atoms with van der Waals surface area (Å²) < 4.78 is 27.9. The monoisotopic (exact) mass is 348 g/mol. The molecule has 2 heterocycles. The summed E-state index contributed by atoms with van der Waals surface area (Å²) in [6.45, 7) is 0.0741.